The topological polar surface area (TPSA) is 101 Å². The molecule has 0 bridgehead atoms. The van der Waals surface area contributed by atoms with E-state index in [0.29, 0.717) is 0 Å². The van der Waals surface area contributed by atoms with Crippen LogP contribution in [0.2, 0.25) is 5.22 Å². The molecule has 0 spiro atoms. The second-order valence-corrected chi connectivity index (χ2v) is 3.59. The third-order valence-corrected chi connectivity index (χ3v) is 2.34. The Morgan fingerprint density at radius 3 is 3.00 bits per heavy atom. The van der Waals surface area contributed by atoms with Gasteiger partial charge in [-0.2, -0.15) is 0 Å². The monoisotopic (exact) mass is 245 g/mol. The zero-order chi connectivity index (χ0) is 12.1. The van der Waals surface area contributed by atoms with Crippen molar-refractivity contribution in [2.24, 2.45) is 16.8 Å². The van der Waals surface area contributed by atoms with Crippen molar-refractivity contribution in [2.45, 2.75) is 6.92 Å². The van der Waals surface area contributed by atoms with E-state index in [-0.39, 0.29) is 35.0 Å². The zero-order valence-corrected chi connectivity index (χ0v) is 9.36. The highest BCUT2D eigenvalue weighted by molar-refractivity contribution is 6.32. The van der Waals surface area contributed by atoms with Crippen LogP contribution in [0, 0.1) is 5.92 Å². The summed E-state index contributed by atoms with van der Waals surface area (Å²) in [4.78, 5) is 11.5. The standard InChI is InChI=1S/C9H12ClN3O3/c1-5(8(11)13-15)4-12-9(14)6-2-3-16-7(6)10/h2-3,5,15H,4H2,1H3,(H2,11,13)(H,12,14). The summed E-state index contributed by atoms with van der Waals surface area (Å²) in [6, 6.07) is 1.46. The first-order chi connectivity index (χ1) is 7.56. The van der Waals surface area contributed by atoms with Crippen LogP contribution in [0.1, 0.15) is 17.3 Å². The highest BCUT2D eigenvalue weighted by Gasteiger charge is 2.14. The number of halogens is 1. The van der Waals surface area contributed by atoms with Crippen LogP contribution >= 0.6 is 11.6 Å². The van der Waals surface area contributed by atoms with Crippen LogP contribution < -0.4 is 11.1 Å². The van der Waals surface area contributed by atoms with Crippen LogP contribution in [-0.4, -0.2) is 23.5 Å². The zero-order valence-electron chi connectivity index (χ0n) is 8.61. The molecule has 1 heterocycles. The van der Waals surface area contributed by atoms with Gasteiger partial charge in [-0.25, -0.2) is 0 Å². The minimum Gasteiger partial charge on any atom is -0.452 e. The third-order valence-electron chi connectivity index (χ3n) is 2.05. The van der Waals surface area contributed by atoms with E-state index in [2.05, 4.69) is 10.5 Å². The largest absolute Gasteiger partial charge is 0.452 e. The number of nitrogens with one attached hydrogen (secondary N) is 1. The van der Waals surface area contributed by atoms with Crippen LogP contribution in [0.5, 0.6) is 0 Å². The Bertz CT molecular complexity index is 402. The highest BCUT2D eigenvalue weighted by atomic mass is 35.5. The van der Waals surface area contributed by atoms with E-state index in [4.69, 9.17) is 27.0 Å². The number of nitrogens with zero attached hydrogens (tertiary/aromatic N) is 1. The molecule has 6 nitrogen and oxygen atoms in total. The number of hydrogen-bond donors (Lipinski definition) is 3. The van der Waals surface area contributed by atoms with Gasteiger partial charge in [0.25, 0.3) is 5.91 Å². The maximum atomic E-state index is 11.5. The Labute approximate surface area is 97.0 Å². The molecule has 0 fully saturated rings. The Balaban J connectivity index is 2.51. The van der Waals surface area contributed by atoms with Crippen LogP contribution in [0.4, 0.5) is 0 Å². The first-order valence-electron chi connectivity index (χ1n) is 4.55. The number of furan rings is 1. The summed E-state index contributed by atoms with van der Waals surface area (Å²) in [6.45, 7) is 1.96. The van der Waals surface area contributed by atoms with E-state index < -0.39 is 0 Å². The van der Waals surface area contributed by atoms with Gasteiger partial charge >= 0.3 is 0 Å². The molecule has 88 valence electrons. The SMILES string of the molecule is CC(CNC(=O)c1ccoc1Cl)/C(N)=N/O. The molecule has 1 unspecified atom stereocenters. The summed E-state index contributed by atoms with van der Waals surface area (Å²) >= 11 is 5.62. The van der Waals surface area contributed by atoms with E-state index in [1.54, 1.807) is 6.92 Å². The number of oxime groups is 1. The van der Waals surface area contributed by atoms with E-state index in [1.165, 1.54) is 12.3 Å². The molecule has 1 aromatic rings. The van der Waals surface area contributed by atoms with Gasteiger partial charge in [-0.15, -0.1) is 0 Å². The minimum atomic E-state index is -0.365. The van der Waals surface area contributed by atoms with E-state index in [9.17, 15) is 4.79 Å². The molecular formula is C9H12ClN3O3. The van der Waals surface area contributed by atoms with Crippen LogP contribution in [-0.2, 0) is 0 Å². The number of nitrogens with two attached hydrogens (primary N) is 1. The lowest BCUT2D eigenvalue weighted by molar-refractivity contribution is 0.0950. The van der Waals surface area contributed by atoms with Gasteiger partial charge in [0.05, 0.1) is 11.8 Å². The van der Waals surface area contributed by atoms with Gasteiger partial charge in [-0.1, -0.05) is 12.1 Å². The lowest BCUT2D eigenvalue weighted by atomic mass is 10.1. The Morgan fingerprint density at radius 1 is 1.81 bits per heavy atom. The van der Waals surface area contributed by atoms with Gasteiger partial charge in [-0.05, 0) is 17.7 Å². The predicted molar refractivity (Wildman–Crippen MR) is 58.6 cm³/mol. The van der Waals surface area contributed by atoms with Crippen molar-refractivity contribution in [3.05, 3.63) is 23.1 Å². The number of rotatable bonds is 4. The molecule has 0 aliphatic carbocycles. The molecule has 1 amide bonds. The highest BCUT2D eigenvalue weighted by Crippen LogP contribution is 2.16. The fourth-order valence-corrected chi connectivity index (χ4v) is 1.20. The average molecular weight is 246 g/mol. The van der Waals surface area contributed by atoms with Gasteiger partial charge in [0, 0.05) is 12.5 Å². The smallest absolute Gasteiger partial charge is 0.256 e. The van der Waals surface area contributed by atoms with Gasteiger partial charge in [0.15, 0.2) is 0 Å². The molecule has 0 radical (unpaired) electrons. The summed E-state index contributed by atoms with van der Waals surface area (Å²) in [5, 5.41) is 13.9. The number of amides is 1. The van der Waals surface area contributed by atoms with Gasteiger partial charge in [0.1, 0.15) is 5.84 Å². The quantitative estimate of drug-likeness (QED) is 0.319. The van der Waals surface area contributed by atoms with Gasteiger partial charge in [0.2, 0.25) is 5.22 Å². The van der Waals surface area contributed by atoms with Crippen molar-refractivity contribution in [3.8, 4) is 0 Å². The van der Waals surface area contributed by atoms with Gasteiger partial charge in [-0.3, -0.25) is 4.79 Å². The first-order valence-corrected chi connectivity index (χ1v) is 4.92. The fourth-order valence-electron chi connectivity index (χ4n) is 1.000. The van der Waals surface area contributed by atoms with Crippen molar-refractivity contribution in [1.82, 2.24) is 5.32 Å². The Kier molecular flexibility index (Phi) is 4.19. The number of amidine groups is 1. The van der Waals surface area contributed by atoms with E-state index >= 15 is 0 Å². The average Bonchev–Trinajstić information content (AvgIpc) is 2.70. The summed E-state index contributed by atoms with van der Waals surface area (Å²) < 4.78 is 4.78. The molecule has 0 aromatic carbocycles. The normalized spacial score (nSPS) is 13.5. The second-order valence-electron chi connectivity index (χ2n) is 3.24. The van der Waals surface area contributed by atoms with Crippen molar-refractivity contribution in [3.63, 3.8) is 0 Å². The van der Waals surface area contributed by atoms with Crippen molar-refractivity contribution >= 4 is 23.3 Å². The summed E-state index contributed by atoms with van der Waals surface area (Å²) in [7, 11) is 0. The van der Waals surface area contributed by atoms with E-state index in [0.717, 1.165) is 0 Å². The molecule has 0 aliphatic rings. The van der Waals surface area contributed by atoms with Gasteiger partial charge < -0.3 is 20.7 Å². The molecule has 0 saturated heterocycles. The second kappa shape index (κ2) is 5.41. The van der Waals surface area contributed by atoms with Crippen LogP contribution in [0.25, 0.3) is 0 Å². The van der Waals surface area contributed by atoms with Crippen molar-refractivity contribution < 1.29 is 14.4 Å². The maximum absolute atomic E-state index is 11.5. The predicted octanol–water partition coefficient (Wildman–Crippen LogP) is 1.05. The molecule has 16 heavy (non-hydrogen) atoms. The molecule has 4 N–H and O–H groups in total. The number of carbonyl (C=O) groups excluding carboxylic acids is 1. The molecular weight excluding hydrogens is 234 g/mol. The molecule has 1 aromatic heterocycles. The lowest BCUT2D eigenvalue weighted by Gasteiger charge is -2.10. The maximum Gasteiger partial charge on any atom is 0.256 e. The van der Waals surface area contributed by atoms with Crippen LogP contribution in [0.3, 0.4) is 0 Å². The summed E-state index contributed by atoms with van der Waals surface area (Å²) in [5.41, 5.74) is 5.61. The Morgan fingerprint density at radius 2 is 2.50 bits per heavy atom. The number of carbonyl (C=O) groups is 1. The van der Waals surface area contributed by atoms with Crippen molar-refractivity contribution in [2.75, 3.05) is 6.54 Å². The summed E-state index contributed by atoms with van der Waals surface area (Å²) in [6.07, 6.45) is 1.32. The molecule has 1 rings (SSSR count). The molecule has 0 aliphatic heterocycles. The van der Waals surface area contributed by atoms with Crippen LogP contribution in [0.15, 0.2) is 21.9 Å². The Hall–Kier alpha value is -1.69. The molecule has 7 heteroatoms. The van der Waals surface area contributed by atoms with Crippen molar-refractivity contribution in [1.29, 1.82) is 0 Å². The fraction of sp³-hybridized carbons (Fsp3) is 0.333. The third kappa shape index (κ3) is 2.90. The van der Waals surface area contributed by atoms with E-state index in [1.807, 2.05) is 0 Å². The summed E-state index contributed by atoms with van der Waals surface area (Å²) in [5.74, 6) is -0.574. The lowest BCUT2D eigenvalue weighted by Crippen LogP contribution is -2.34. The number of hydrogen-bond acceptors (Lipinski definition) is 4. The first kappa shape index (κ1) is 12.4. The molecule has 1 atom stereocenters. The molecule has 0 saturated carbocycles. The minimum absolute atomic E-state index is 0.0361.